The van der Waals surface area contributed by atoms with Crippen molar-refractivity contribution in [1.82, 2.24) is 0 Å². The molecule has 9 rings (SSSR count). The number of fused-ring (bicyclic) bond motifs is 6. The first-order valence-electron chi connectivity index (χ1n) is 21.6. The maximum atomic E-state index is 11.3. The molecule has 1 aromatic rings. The summed E-state index contributed by atoms with van der Waals surface area (Å²) in [5, 5.41) is 20.2. The molecule has 3 heterocycles. The number of carboxylic acids is 1. The number of aromatic hydroxyl groups is 1. The van der Waals surface area contributed by atoms with Crippen LogP contribution in [0.5, 0.6) is 17.2 Å². The molecule has 2 N–H and O–H groups in total. The Hall–Kier alpha value is -2.03. The summed E-state index contributed by atoms with van der Waals surface area (Å²) in [6, 6.07) is 5.36. The highest BCUT2D eigenvalue weighted by molar-refractivity contribution is 5.66. The van der Waals surface area contributed by atoms with Crippen LogP contribution >= 0.6 is 0 Å². The molecule has 8 fully saturated rings. The molecule has 1 aromatic carbocycles. The van der Waals surface area contributed by atoms with Crippen LogP contribution < -0.4 is 9.47 Å². The predicted molar refractivity (Wildman–Crippen MR) is 200 cm³/mol. The minimum atomic E-state index is -0.659. The second-order valence-electron chi connectivity index (χ2n) is 20.3. The average molecular weight is 735 g/mol. The molecule has 8 nitrogen and oxygen atoms in total. The number of benzene rings is 1. The van der Waals surface area contributed by atoms with Crippen molar-refractivity contribution < 1.29 is 38.7 Å². The maximum absolute atomic E-state index is 11.3. The molecule has 3 saturated heterocycles. The molecule has 0 radical (unpaired) electrons. The number of rotatable bonds is 8. The van der Waals surface area contributed by atoms with Crippen molar-refractivity contribution in [2.45, 2.75) is 168 Å². The van der Waals surface area contributed by atoms with Gasteiger partial charge < -0.3 is 33.9 Å². The van der Waals surface area contributed by atoms with Crippen molar-refractivity contribution in [3.05, 3.63) is 18.2 Å². The molecule has 5 aliphatic carbocycles. The minimum Gasteiger partial charge on any atom is -0.508 e. The number of carboxylic acid groups (broad SMARTS) is 1. The summed E-state index contributed by atoms with van der Waals surface area (Å²) in [7, 11) is 0. The molecule has 294 valence electrons. The summed E-state index contributed by atoms with van der Waals surface area (Å²) in [5.74, 6) is 5.63. The Labute approximate surface area is 317 Å². The standard InChI is InChI=1S/C45H66O8/c1-25(8-14-39(47)48)34-12-13-37-33-10-9-28-21-30(15-18-42(28,4)38(33)16-19-43(34,37)5)49-31-22-29(46)23-32(24-31)50-40-27(3)36-11-7-26(2)35-17-20-44(6)52-41(51-40)45(35,36)53-44/h22-28,30,33-38,40-41,46H,7-21H2,1-6H3,(H,47,48)/t25-,26-,27-,28?,30-,33?,34?,35?,36?,37?,38?,40?,41?,42+,43-,44-,45-/m1/s1. The normalized spacial score (nSPS) is 50.2. The zero-order valence-electron chi connectivity index (χ0n) is 33.2. The number of phenolic OH excluding ortho intramolecular Hbond substituents is 1. The zero-order valence-corrected chi connectivity index (χ0v) is 33.2. The number of carbonyl (C=O) groups is 1. The first kappa shape index (κ1) is 36.6. The van der Waals surface area contributed by atoms with Gasteiger partial charge in [0.05, 0.1) is 6.10 Å². The molecule has 8 heteroatoms. The average Bonchev–Trinajstić information content (AvgIpc) is 3.57. The second-order valence-corrected chi connectivity index (χ2v) is 20.3. The molecular weight excluding hydrogens is 668 g/mol. The Bertz CT molecular complexity index is 1560. The molecule has 8 aliphatic rings. The Morgan fingerprint density at radius 3 is 2.36 bits per heavy atom. The van der Waals surface area contributed by atoms with E-state index in [-0.39, 0.29) is 23.7 Å². The lowest BCUT2D eigenvalue weighted by Gasteiger charge is -2.61. The van der Waals surface area contributed by atoms with E-state index in [1.807, 2.05) is 6.07 Å². The van der Waals surface area contributed by atoms with Crippen LogP contribution in [0.15, 0.2) is 18.2 Å². The fourth-order valence-corrected chi connectivity index (χ4v) is 15.1. The van der Waals surface area contributed by atoms with Crippen molar-refractivity contribution in [3.63, 3.8) is 0 Å². The van der Waals surface area contributed by atoms with Crippen molar-refractivity contribution >= 4 is 5.97 Å². The highest BCUT2D eigenvalue weighted by atomic mass is 16.9. The van der Waals surface area contributed by atoms with Gasteiger partial charge in [-0.15, -0.1) is 0 Å². The maximum Gasteiger partial charge on any atom is 0.303 e. The van der Waals surface area contributed by atoms with E-state index in [1.165, 1.54) is 51.4 Å². The highest BCUT2D eigenvalue weighted by Crippen LogP contribution is 2.69. The van der Waals surface area contributed by atoms with Gasteiger partial charge in [-0.1, -0.05) is 34.6 Å². The van der Waals surface area contributed by atoms with Gasteiger partial charge in [0.25, 0.3) is 0 Å². The van der Waals surface area contributed by atoms with Gasteiger partial charge in [0.1, 0.15) is 22.8 Å². The largest absolute Gasteiger partial charge is 0.508 e. The zero-order chi connectivity index (χ0) is 37.1. The Morgan fingerprint density at radius 1 is 0.849 bits per heavy atom. The third-order valence-corrected chi connectivity index (χ3v) is 17.7. The molecular formula is C45H66O8. The van der Waals surface area contributed by atoms with Crippen LogP contribution in [0.4, 0.5) is 0 Å². The van der Waals surface area contributed by atoms with Crippen molar-refractivity contribution in [1.29, 1.82) is 0 Å². The van der Waals surface area contributed by atoms with Gasteiger partial charge in [0.15, 0.2) is 12.1 Å². The SMILES string of the molecule is C[C@H]1C(Oc2cc(O)cc(O[C@@H]3CC[C@@]4(C)C(CCC5C4CC[C@@]4(C)C5CCC4[C@H](C)CCC(=O)O)C3)c2)OC2O[C@@]3(C)CCC4[C@H](C)CCC1[C@@]24O3. The van der Waals surface area contributed by atoms with Crippen LogP contribution in [0.2, 0.25) is 0 Å². The summed E-state index contributed by atoms with van der Waals surface area (Å²) < 4.78 is 33.4. The molecule has 3 aliphatic heterocycles. The fraction of sp³-hybridized carbons (Fsp3) is 0.844. The number of aliphatic carboxylic acids is 1. The molecule has 1 spiro atoms. The molecule has 53 heavy (non-hydrogen) atoms. The first-order valence-corrected chi connectivity index (χ1v) is 21.6. The summed E-state index contributed by atoms with van der Waals surface area (Å²) in [5.41, 5.74) is 0.281. The van der Waals surface area contributed by atoms with Crippen LogP contribution in [0.1, 0.15) is 138 Å². The molecule has 2 bridgehead atoms. The van der Waals surface area contributed by atoms with Gasteiger partial charge in [-0.2, -0.15) is 0 Å². The van der Waals surface area contributed by atoms with E-state index in [4.69, 9.17) is 23.7 Å². The van der Waals surface area contributed by atoms with Crippen LogP contribution in [0.3, 0.4) is 0 Å². The lowest BCUT2D eigenvalue weighted by Crippen LogP contribution is -2.66. The summed E-state index contributed by atoms with van der Waals surface area (Å²) in [4.78, 5) is 11.3. The van der Waals surface area contributed by atoms with Gasteiger partial charge in [-0.25, -0.2) is 0 Å². The lowest BCUT2D eigenvalue weighted by atomic mass is 9.44. The van der Waals surface area contributed by atoms with E-state index in [0.29, 0.717) is 58.3 Å². The smallest absolute Gasteiger partial charge is 0.303 e. The topological polar surface area (TPSA) is 104 Å². The van der Waals surface area contributed by atoms with E-state index in [1.54, 1.807) is 12.1 Å². The number of phenols is 1. The van der Waals surface area contributed by atoms with Crippen molar-refractivity contribution in [3.8, 4) is 17.2 Å². The number of ether oxygens (including phenoxy) is 5. The van der Waals surface area contributed by atoms with Gasteiger partial charge >= 0.3 is 5.97 Å². The van der Waals surface area contributed by atoms with E-state index >= 15 is 0 Å². The third kappa shape index (κ3) is 5.79. The van der Waals surface area contributed by atoms with Gasteiger partial charge in [-0.05, 0) is 149 Å². The van der Waals surface area contributed by atoms with Crippen LogP contribution in [-0.4, -0.2) is 46.3 Å². The van der Waals surface area contributed by atoms with Crippen molar-refractivity contribution in [2.24, 2.45) is 70.0 Å². The fourth-order valence-electron chi connectivity index (χ4n) is 15.1. The predicted octanol–water partition coefficient (Wildman–Crippen LogP) is 9.95. The van der Waals surface area contributed by atoms with E-state index in [9.17, 15) is 15.0 Å². The summed E-state index contributed by atoms with van der Waals surface area (Å²) in [6.07, 6.45) is 15.6. The number of hydrogen-bond acceptors (Lipinski definition) is 7. The van der Waals surface area contributed by atoms with E-state index in [2.05, 4.69) is 41.5 Å². The molecule has 17 atom stereocenters. The third-order valence-electron chi connectivity index (χ3n) is 17.7. The molecule has 0 amide bonds. The van der Waals surface area contributed by atoms with E-state index < -0.39 is 29.9 Å². The minimum absolute atomic E-state index is 0.108. The molecule has 0 aromatic heterocycles. The first-order chi connectivity index (χ1) is 25.2. The van der Waals surface area contributed by atoms with Crippen LogP contribution in [0.25, 0.3) is 0 Å². The van der Waals surface area contributed by atoms with Gasteiger partial charge in [-0.3, -0.25) is 4.79 Å². The highest BCUT2D eigenvalue weighted by Gasteiger charge is 2.72. The monoisotopic (exact) mass is 734 g/mol. The van der Waals surface area contributed by atoms with E-state index in [0.717, 1.165) is 56.3 Å². The second kappa shape index (κ2) is 13.0. The Morgan fingerprint density at radius 2 is 1.57 bits per heavy atom. The molecule has 9 unspecified atom stereocenters. The van der Waals surface area contributed by atoms with Gasteiger partial charge in [0, 0.05) is 42.9 Å². The number of hydrogen-bond donors (Lipinski definition) is 2. The molecule has 5 saturated carbocycles. The quantitative estimate of drug-likeness (QED) is 0.272. The van der Waals surface area contributed by atoms with Crippen molar-refractivity contribution in [2.75, 3.05) is 0 Å². The summed E-state index contributed by atoms with van der Waals surface area (Å²) in [6.45, 7) is 14.2. The Balaban J connectivity index is 0.853. The van der Waals surface area contributed by atoms with Gasteiger partial charge in [0.2, 0.25) is 6.29 Å². The summed E-state index contributed by atoms with van der Waals surface area (Å²) >= 11 is 0. The Kier molecular flexibility index (Phi) is 8.98. The van der Waals surface area contributed by atoms with Crippen LogP contribution in [0, 0.1) is 70.0 Å². The lowest BCUT2D eigenvalue weighted by molar-refractivity contribution is -0.320. The van der Waals surface area contributed by atoms with Crippen LogP contribution in [-0.2, 0) is 19.0 Å².